The highest BCUT2D eigenvalue weighted by Crippen LogP contribution is 2.49. The minimum absolute atomic E-state index is 0.0408. The summed E-state index contributed by atoms with van der Waals surface area (Å²) in [6.07, 6.45) is 2.28. The predicted octanol–water partition coefficient (Wildman–Crippen LogP) is 4.63. The van der Waals surface area contributed by atoms with Crippen LogP contribution in [0.15, 0.2) is 47.4 Å². The average molecular weight is 446 g/mol. The number of sulfone groups is 1. The third-order valence-electron chi connectivity index (χ3n) is 6.79. The van der Waals surface area contributed by atoms with Crippen LogP contribution in [0.5, 0.6) is 5.75 Å². The van der Waals surface area contributed by atoms with E-state index in [-0.39, 0.29) is 5.75 Å². The Morgan fingerprint density at radius 1 is 1.16 bits per heavy atom. The van der Waals surface area contributed by atoms with Crippen molar-refractivity contribution in [2.24, 2.45) is 5.41 Å². The molecule has 5 nitrogen and oxygen atoms in total. The molecule has 1 aliphatic heterocycles. The molecular formula is C25H35NO4S. The third kappa shape index (κ3) is 4.46. The summed E-state index contributed by atoms with van der Waals surface area (Å²) in [6.45, 7) is 4.09. The Bertz CT molecular complexity index is 1020. The zero-order valence-electron chi connectivity index (χ0n) is 19.3. The SMILES string of the molecule is CCCCC1(CC)CS(=O)(=O)c2ccc(OC)cc2[C@@H](c2cccc(N(C)C)c2)C1O. The van der Waals surface area contributed by atoms with Crippen LogP contribution in [-0.4, -0.2) is 46.6 Å². The van der Waals surface area contributed by atoms with Gasteiger partial charge in [0.2, 0.25) is 0 Å². The van der Waals surface area contributed by atoms with Gasteiger partial charge < -0.3 is 14.7 Å². The van der Waals surface area contributed by atoms with Crippen molar-refractivity contribution >= 4 is 15.5 Å². The molecule has 0 fully saturated rings. The van der Waals surface area contributed by atoms with E-state index in [2.05, 4.69) is 13.0 Å². The number of nitrogens with zero attached hydrogens (tertiary/aromatic N) is 1. The molecule has 170 valence electrons. The Morgan fingerprint density at radius 2 is 1.90 bits per heavy atom. The number of aliphatic hydroxyl groups excluding tert-OH is 1. The van der Waals surface area contributed by atoms with Crippen molar-refractivity contribution in [2.75, 3.05) is 31.9 Å². The van der Waals surface area contributed by atoms with E-state index in [1.807, 2.05) is 44.1 Å². The molecule has 1 heterocycles. The zero-order chi connectivity index (χ0) is 22.8. The van der Waals surface area contributed by atoms with E-state index in [0.29, 0.717) is 29.1 Å². The Balaban J connectivity index is 2.31. The van der Waals surface area contributed by atoms with Crippen LogP contribution in [-0.2, 0) is 9.84 Å². The minimum Gasteiger partial charge on any atom is -0.497 e. The average Bonchev–Trinajstić information content (AvgIpc) is 2.83. The number of rotatable bonds is 7. The van der Waals surface area contributed by atoms with Gasteiger partial charge in [0.05, 0.1) is 23.9 Å². The van der Waals surface area contributed by atoms with Crippen LogP contribution in [0.2, 0.25) is 0 Å². The first-order valence-corrected chi connectivity index (χ1v) is 12.7. The van der Waals surface area contributed by atoms with Crippen LogP contribution in [0.1, 0.15) is 56.6 Å². The van der Waals surface area contributed by atoms with Crippen molar-refractivity contribution in [1.29, 1.82) is 0 Å². The molecule has 0 bridgehead atoms. The van der Waals surface area contributed by atoms with Crippen LogP contribution in [0, 0.1) is 5.41 Å². The minimum atomic E-state index is -3.58. The number of hydrogen-bond donors (Lipinski definition) is 1. The fourth-order valence-electron chi connectivity index (χ4n) is 4.84. The van der Waals surface area contributed by atoms with E-state index in [0.717, 1.165) is 24.1 Å². The molecule has 3 rings (SSSR count). The van der Waals surface area contributed by atoms with Gasteiger partial charge in [0.15, 0.2) is 9.84 Å². The lowest BCUT2D eigenvalue weighted by Gasteiger charge is -2.39. The second kappa shape index (κ2) is 9.21. The van der Waals surface area contributed by atoms with E-state index in [9.17, 15) is 13.5 Å². The number of anilines is 1. The molecule has 3 atom stereocenters. The van der Waals surface area contributed by atoms with Gasteiger partial charge in [-0.1, -0.05) is 38.8 Å². The summed E-state index contributed by atoms with van der Waals surface area (Å²) >= 11 is 0. The molecule has 0 aliphatic carbocycles. The molecule has 1 N–H and O–H groups in total. The molecule has 0 saturated heterocycles. The molecule has 6 heteroatoms. The maximum Gasteiger partial charge on any atom is 0.179 e. The first kappa shape index (κ1) is 23.6. The first-order valence-electron chi connectivity index (χ1n) is 11.0. The van der Waals surface area contributed by atoms with E-state index in [1.165, 1.54) is 0 Å². The standard InChI is InChI=1S/C25H35NO4S/c1-6-8-14-25(7-2)17-31(28,29)22-13-12-20(30-5)16-21(22)23(24(25)27)18-10-9-11-19(15-18)26(3)4/h9-13,15-16,23-24,27H,6-8,14,17H2,1-5H3/t23-,24?,25?/m1/s1. The van der Waals surface area contributed by atoms with Gasteiger partial charge in [-0.05, 0) is 54.3 Å². The second-order valence-electron chi connectivity index (χ2n) is 8.89. The summed E-state index contributed by atoms with van der Waals surface area (Å²) in [6, 6.07) is 13.1. The van der Waals surface area contributed by atoms with Crippen molar-refractivity contribution in [1.82, 2.24) is 0 Å². The lowest BCUT2D eigenvalue weighted by molar-refractivity contribution is 0.0174. The molecule has 0 saturated carbocycles. The highest BCUT2D eigenvalue weighted by Gasteiger charge is 2.49. The van der Waals surface area contributed by atoms with E-state index in [4.69, 9.17) is 4.74 Å². The maximum atomic E-state index is 13.6. The summed E-state index contributed by atoms with van der Waals surface area (Å²) in [4.78, 5) is 2.32. The molecule has 0 spiro atoms. The van der Waals surface area contributed by atoms with E-state index in [1.54, 1.807) is 25.3 Å². The molecule has 2 aromatic carbocycles. The van der Waals surface area contributed by atoms with Gasteiger partial charge in [-0.2, -0.15) is 0 Å². The molecule has 2 unspecified atom stereocenters. The van der Waals surface area contributed by atoms with Gasteiger partial charge in [-0.25, -0.2) is 8.42 Å². The fourth-order valence-corrected chi connectivity index (χ4v) is 7.09. The Labute approximate surface area is 187 Å². The highest BCUT2D eigenvalue weighted by atomic mass is 32.2. The number of unbranched alkanes of at least 4 members (excludes halogenated alkanes) is 1. The first-order chi connectivity index (χ1) is 14.7. The largest absolute Gasteiger partial charge is 0.497 e. The monoisotopic (exact) mass is 445 g/mol. The number of fused-ring (bicyclic) bond motifs is 1. The predicted molar refractivity (Wildman–Crippen MR) is 126 cm³/mol. The lowest BCUT2D eigenvalue weighted by atomic mass is 9.69. The number of hydrogen-bond acceptors (Lipinski definition) is 5. The smallest absolute Gasteiger partial charge is 0.179 e. The molecule has 0 aromatic heterocycles. The molecule has 0 radical (unpaired) electrons. The number of methoxy groups -OCH3 is 1. The summed E-state index contributed by atoms with van der Waals surface area (Å²) in [7, 11) is 1.94. The molecule has 31 heavy (non-hydrogen) atoms. The van der Waals surface area contributed by atoms with Crippen LogP contribution < -0.4 is 9.64 Å². The lowest BCUT2D eigenvalue weighted by Crippen LogP contribution is -2.42. The Hall–Kier alpha value is -2.05. The van der Waals surface area contributed by atoms with Crippen molar-refractivity contribution in [3.8, 4) is 5.75 Å². The topological polar surface area (TPSA) is 66.8 Å². The van der Waals surface area contributed by atoms with Crippen LogP contribution in [0.25, 0.3) is 0 Å². The van der Waals surface area contributed by atoms with Crippen LogP contribution in [0.4, 0.5) is 5.69 Å². The number of benzene rings is 2. The normalized spacial score (nSPS) is 24.8. The van der Waals surface area contributed by atoms with Gasteiger partial charge in [-0.3, -0.25) is 0 Å². The van der Waals surface area contributed by atoms with Gasteiger partial charge in [0.25, 0.3) is 0 Å². The van der Waals surface area contributed by atoms with Gasteiger partial charge >= 0.3 is 0 Å². The molecule has 0 amide bonds. The Morgan fingerprint density at radius 3 is 2.52 bits per heavy atom. The van der Waals surface area contributed by atoms with Crippen molar-refractivity contribution in [2.45, 2.75) is 56.4 Å². The quantitative estimate of drug-likeness (QED) is 0.673. The molecular weight excluding hydrogens is 410 g/mol. The van der Waals surface area contributed by atoms with Crippen LogP contribution >= 0.6 is 0 Å². The van der Waals surface area contributed by atoms with Gasteiger partial charge in [-0.15, -0.1) is 0 Å². The van der Waals surface area contributed by atoms with Gasteiger partial charge in [0, 0.05) is 31.1 Å². The second-order valence-corrected chi connectivity index (χ2v) is 10.9. The highest BCUT2D eigenvalue weighted by molar-refractivity contribution is 7.91. The van der Waals surface area contributed by atoms with E-state index < -0.39 is 27.3 Å². The summed E-state index contributed by atoms with van der Waals surface area (Å²) < 4.78 is 32.6. The fraction of sp³-hybridized carbons (Fsp3) is 0.520. The summed E-state index contributed by atoms with van der Waals surface area (Å²) in [5, 5.41) is 11.9. The zero-order valence-corrected chi connectivity index (χ0v) is 20.1. The molecule has 2 aromatic rings. The number of ether oxygens (including phenoxy) is 1. The summed E-state index contributed by atoms with van der Waals surface area (Å²) in [5.41, 5.74) is 1.84. The number of aliphatic hydroxyl groups is 1. The van der Waals surface area contributed by atoms with Crippen molar-refractivity contribution in [3.63, 3.8) is 0 Å². The van der Waals surface area contributed by atoms with Crippen molar-refractivity contribution < 1.29 is 18.3 Å². The van der Waals surface area contributed by atoms with E-state index >= 15 is 0 Å². The van der Waals surface area contributed by atoms with Crippen LogP contribution in [0.3, 0.4) is 0 Å². The molecule has 1 aliphatic rings. The van der Waals surface area contributed by atoms with Gasteiger partial charge in [0.1, 0.15) is 5.75 Å². The third-order valence-corrected chi connectivity index (χ3v) is 8.78. The maximum absolute atomic E-state index is 13.6. The summed E-state index contributed by atoms with van der Waals surface area (Å²) in [5.74, 6) is 0.0903. The van der Waals surface area contributed by atoms with Crippen molar-refractivity contribution in [3.05, 3.63) is 53.6 Å². The Kier molecular flexibility index (Phi) is 7.01.